The highest BCUT2D eigenvalue weighted by molar-refractivity contribution is 5.74. The van der Waals surface area contributed by atoms with E-state index >= 15 is 0 Å². The number of hydrogen-bond acceptors (Lipinski definition) is 2. The first-order valence-electron chi connectivity index (χ1n) is 5.37. The third-order valence-corrected chi connectivity index (χ3v) is 2.81. The van der Waals surface area contributed by atoms with Crippen LogP contribution in [0.25, 0.3) is 0 Å². The second-order valence-electron chi connectivity index (χ2n) is 4.72. The normalized spacial score (nSPS) is 11.0. The molecule has 4 heteroatoms. The number of carbonyl (C=O) groups is 2. The Kier molecular flexibility index (Phi) is 3.89. The Morgan fingerprint density at radius 2 is 1.88 bits per heavy atom. The van der Waals surface area contributed by atoms with Crippen LogP contribution in [0.15, 0.2) is 24.3 Å². The molecule has 92 valence electrons. The second-order valence-corrected chi connectivity index (χ2v) is 4.72. The number of aliphatic carboxylic acids is 1. The summed E-state index contributed by atoms with van der Waals surface area (Å²) in [6, 6.07) is 7.34. The molecule has 0 atom stereocenters. The van der Waals surface area contributed by atoms with Gasteiger partial charge in [-0.05, 0) is 17.7 Å². The molecule has 0 radical (unpaired) electrons. The number of amides is 1. The van der Waals surface area contributed by atoms with Gasteiger partial charge in [0.2, 0.25) is 6.41 Å². The minimum absolute atomic E-state index is 0.0792. The highest BCUT2D eigenvalue weighted by Gasteiger charge is 2.23. The quantitative estimate of drug-likeness (QED) is 0.794. The minimum atomic E-state index is -0.816. The molecule has 0 fully saturated rings. The Hall–Kier alpha value is -1.84. The maximum Gasteiger partial charge on any atom is 0.304 e. The van der Waals surface area contributed by atoms with E-state index in [0.717, 1.165) is 17.7 Å². The predicted octanol–water partition coefficient (Wildman–Crippen LogP) is 2.03. The van der Waals surface area contributed by atoms with Crippen LogP contribution in [0, 0.1) is 0 Å². The lowest BCUT2D eigenvalue weighted by molar-refractivity contribution is -0.138. The molecular formula is C13H17NO3. The average molecular weight is 235 g/mol. The summed E-state index contributed by atoms with van der Waals surface area (Å²) >= 11 is 0. The summed E-state index contributed by atoms with van der Waals surface area (Å²) < 4.78 is 0. The average Bonchev–Trinajstić information content (AvgIpc) is 2.26. The van der Waals surface area contributed by atoms with Crippen LogP contribution >= 0.6 is 0 Å². The third kappa shape index (κ3) is 3.31. The van der Waals surface area contributed by atoms with E-state index in [-0.39, 0.29) is 6.42 Å². The van der Waals surface area contributed by atoms with Crippen molar-refractivity contribution < 1.29 is 14.7 Å². The van der Waals surface area contributed by atoms with Gasteiger partial charge >= 0.3 is 5.97 Å². The van der Waals surface area contributed by atoms with Gasteiger partial charge in [-0.2, -0.15) is 0 Å². The van der Waals surface area contributed by atoms with E-state index in [4.69, 9.17) is 5.11 Å². The van der Waals surface area contributed by atoms with Crippen LogP contribution in [-0.2, 0) is 15.0 Å². The van der Waals surface area contributed by atoms with Crippen molar-refractivity contribution in [2.45, 2.75) is 25.7 Å². The monoisotopic (exact) mass is 235 g/mol. The Morgan fingerprint density at radius 1 is 1.35 bits per heavy atom. The number of benzene rings is 1. The molecule has 0 spiro atoms. The molecule has 0 unspecified atom stereocenters. The van der Waals surface area contributed by atoms with Crippen molar-refractivity contribution in [1.29, 1.82) is 0 Å². The van der Waals surface area contributed by atoms with Gasteiger partial charge in [0.25, 0.3) is 0 Å². The summed E-state index contributed by atoms with van der Waals surface area (Å²) in [7, 11) is 1.67. The van der Waals surface area contributed by atoms with Crippen LogP contribution in [-0.4, -0.2) is 24.5 Å². The SMILES string of the molecule is CN(C=O)c1ccc(C(C)(C)CC(=O)O)cc1. The highest BCUT2D eigenvalue weighted by Crippen LogP contribution is 2.28. The number of anilines is 1. The van der Waals surface area contributed by atoms with E-state index in [9.17, 15) is 9.59 Å². The van der Waals surface area contributed by atoms with E-state index < -0.39 is 11.4 Å². The van der Waals surface area contributed by atoms with E-state index in [1.54, 1.807) is 7.05 Å². The Labute approximate surface area is 101 Å². The fourth-order valence-corrected chi connectivity index (χ4v) is 1.69. The number of nitrogens with zero attached hydrogens (tertiary/aromatic N) is 1. The Balaban J connectivity index is 2.93. The summed E-state index contributed by atoms with van der Waals surface area (Å²) in [5, 5.41) is 8.84. The van der Waals surface area contributed by atoms with Gasteiger partial charge in [-0.25, -0.2) is 0 Å². The highest BCUT2D eigenvalue weighted by atomic mass is 16.4. The summed E-state index contributed by atoms with van der Waals surface area (Å²) in [4.78, 5) is 22.8. The van der Waals surface area contributed by atoms with Gasteiger partial charge in [-0.1, -0.05) is 26.0 Å². The lowest BCUT2D eigenvalue weighted by Crippen LogP contribution is -2.22. The number of hydrogen-bond donors (Lipinski definition) is 1. The maximum absolute atomic E-state index is 10.8. The molecular weight excluding hydrogens is 218 g/mol. The van der Waals surface area contributed by atoms with Crippen LogP contribution in [0.4, 0.5) is 5.69 Å². The van der Waals surface area contributed by atoms with Crippen molar-refractivity contribution >= 4 is 18.1 Å². The lowest BCUT2D eigenvalue weighted by atomic mass is 9.81. The third-order valence-electron chi connectivity index (χ3n) is 2.81. The van der Waals surface area contributed by atoms with Crippen LogP contribution < -0.4 is 4.90 Å². The van der Waals surface area contributed by atoms with Gasteiger partial charge in [0.05, 0.1) is 6.42 Å². The summed E-state index contributed by atoms with van der Waals surface area (Å²) in [6.45, 7) is 3.78. The first kappa shape index (κ1) is 13.2. The van der Waals surface area contributed by atoms with Crippen LogP contribution in [0.1, 0.15) is 25.8 Å². The largest absolute Gasteiger partial charge is 0.481 e. The van der Waals surface area contributed by atoms with Crippen molar-refractivity contribution in [3.63, 3.8) is 0 Å². The maximum atomic E-state index is 10.8. The standard InChI is InChI=1S/C13H17NO3/c1-13(2,8-12(16)17)10-4-6-11(7-5-10)14(3)9-15/h4-7,9H,8H2,1-3H3,(H,16,17). The number of rotatable bonds is 5. The molecule has 17 heavy (non-hydrogen) atoms. The van der Waals surface area contributed by atoms with Crippen molar-refractivity contribution in [2.24, 2.45) is 0 Å². The lowest BCUT2D eigenvalue weighted by Gasteiger charge is -2.23. The first-order chi connectivity index (χ1) is 7.86. The zero-order valence-electron chi connectivity index (χ0n) is 10.3. The van der Waals surface area contributed by atoms with Crippen LogP contribution in [0.2, 0.25) is 0 Å². The minimum Gasteiger partial charge on any atom is -0.481 e. The molecule has 0 aromatic heterocycles. The zero-order chi connectivity index (χ0) is 13.1. The van der Waals surface area contributed by atoms with Gasteiger partial charge in [-0.3, -0.25) is 9.59 Å². The molecule has 1 aromatic carbocycles. The Morgan fingerprint density at radius 3 is 2.29 bits per heavy atom. The van der Waals surface area contributed by atoms with Crippen LogP contribution in [0.3, 0.4) is 0 Å². The molecule has 0 aliphatic rings. The Bertz CT molecular complexity index is 409. The van der Waals surface area contributed by atoms with Gasteiger partial charge in [0.15, 0.2) is 0 Å². The fourth-order valence-electron chi connectivity index (χ4n) is 1.69. The number of carboxylic acid groups (broad SMARTS) is 1. The second kappa shape index (κ2) is 4.99. The molecule has 0 aliphatic heterocycles. The van der Waals surface area contributed by atoms with Crippen LogP contribution in [0.5, 0.6) is 0 Å². The van der Waals surface area contributed by atoms with Crippen molar-refractivity contribution in [1.82, 2.24) is 0 Å². The molecule has 1 aromatic rings. The van der Waals surface area contributed by atoms with E-state index in [0.29, 0.717) is 0 Å². The molecule has 0 aliphatic carbocycles. The molecule has 1 N–H and O–H groups in total. The molecule has 0 bridgehead atoms. The fraction of sp³-hybridized carbons (Fsp3) is 0.385. The van der Waals surface area contributed by atoms with Gasteiger partial charge in [-0.15, -0.1) is 0 Å². The van der Waals surface area contributed by atoms with Crippen molar-refractivity contribution in [3.8, 4) is 0 Å². The first-order valence-corrected chi connectivity index (χ1v) is 5.37. The molecule has 0 heterocycles. The summed E-state index contributed by atoms with van der Waals surface area (Å²) in [5.74, 6) is -0.816. The van der Waals surface area contributed by atoms with Gasteiger partial charge in [0.1, 0.15) is 0 Å². The van der Waals surface area contributed by atoms with Crippen molar-refractivity contribution in [3.05, 3.63) is 29.8 Å². The van der Waals surface area contributed by atoms with Gasteiger partial charge in [0, 0.05) is 18.2 Å². The number of carbonyl (C=O) groups excluding carboxylic acids is 1. The predicted molar refractivity (Wildman–Crippen MR) is 66.2 cm³/mol. The van der Waals surface area contributed by atoms with Crippen molar-refractivity contribution in [2.75, 3.05) is 11.9 Å². The molecule has 0 saturated heterocycles. The zero-order valence-corrected chi connectivity index (χ0v) is 10.3. The van der Waals surface area contributed by atoms with Gasteiger partial charge < -0.3 is 10.0 Å². The molecule has 0 saturated carbocycles. The molecule has 1 amide bonds. The smallest absolute Gasteiger partial charge is 0.304 e. The summed E-state index contributed by atoms with van der Waals surface area (Å²) in [5.41, 5.74) is 1.32. The molecule has 4 nitrogen and oxygen atoms in total. The number of carboxylic acids is 1. The molecule has 1 rings (SSSR count). The van der Waals surface area contributed by atoms with E-state index in [1.165, 1.54) is 4.90 Å². The topological polar surface area (TPSA) is 57.6 Å². The van der Waals surface area contributed by atoms with E-state index in [1.807, 2.05) is 38.1 Å². The summed E-state index contributed by atoms with van der Waals surface area (Å²) in [6.07, 6.45) is 0.813. The van der Waals surface area contributed by atoms with E-state index in [2.05, 4.69) is 0 Å².